The van der Waals surface area contributed by atoms with Crippen LogP contribution in [0, 0.1) is 0 Å². The fourth-order valence-corrected chi connectivity index (χ4v) is 1.86. The van der Waals surface area contributed by atoms with E-state index < -0.39 is 5.91 Å². The highest BCUT2D eigenvalue weighted by Gasteiger charge is 2.10. The summed E-state index contributed by atoms with van der Waals surface area (Å²) < 4.78 is 0. The summed E-state index contributed by atoms with van der Waals surface area (Å²) in [5.41, 5.74) is 0.734. The van der Waals surface area contributed by atoms with Crippen LogP contribution in [0.25, 0.3) is 0 Å². The molecule has 102 valence electrons. The molecule has 20 heavy (non-hydrogen) atoms. The highest BCUT2D eigenvalue weighted by atomic mass is 35.5. The minimum atomic E-state index is -0.420. The summed E-state index contributed by atoms with van der Waals surface area (Å²) in [5, 5.41) is 12.3. The maximum atomic E-state index is 11.9. The number of phenolic OH excluding ortho intramolecular Hbond substituents is 1. The minimum Gasteiger partial charge on any atom is -0.508 e. The van der Waals surface area contributed by atoms with Crippen LogP contribution in [0.3, 0.4) is 0 Å². The average Bonchev–Trinajstić information content (AvgIpc) is 2.44. The van der Waals surface area contributed by atoms with Gasteiger partial charge in [0.05, 0.1) is 6.54 Å². The van der Waals surface area contributed by atoms with Crippen molar-refractivity contribution in [3.8, 4) is 5.75 Å². The molecular weight excluding hydrogens is 278 g/mol. The van der Waals surface area contributed by atoms with Gasteiger partial charge in [-0.1, -0.05) is 29.8 Å². The Morgan fingerprint density at radius 1 is 1.05 bits per heavy atom. The van der Waals surface area contributed by atoms with Gasteiger partial charge in [0.1, 0.15) is 5.75 Å². The Bertz CT molecular complexity index is 598. The van der Waals surface area contributed by atoms with Gasteiger partial charge in [-0.15, -0.1) is 0 Å². The molecule has 2 rings (SSSR count). The number of hydrogen-bond acceptors (Lipinski definition) is 3. The second-order valence-corrected chi connectivity index (χ2v) is 4.60. The van der Waals surface area contributed by atoms with E-state index >= 15 is 0 Å². The van der Waals surface area contributed by atoms with Crippen LogP contribution in [-0.4, -0.2) is 23.3 Å². The highest BCUT2D eigenvalue weighted by Crippen LogP contribution is 2.12. The van der Waals surface area contributed by atoms with Crippen molar-refractivity contribution < 1.29 is 14.7 Å². The van der Waals surface area contributed by atoms with E-state index in [0.717, 1.165) is 0 Å². The number of ketones is 1. The van der Waals surface area contributed by atoms with E-state index in [-0.39, 0.29) is 18.1 Å². The third-order valence-electron chi connectivity index (χ3n) is 2.66. The first-order valence-electron chi connectivity index (χ1n) is 5.92. The van der Waals surface area contributed by atoms with Gasteiger partial charge in [0.2, 0.25) is 0 Å². The summed E-state index contributed by atoms with van der Waals surface area (Å²) >= 11 is 5.80. The third kappa shape index (κ3) is 3.59. The zero-order valence-corrected chi connectivity index (χ0v) is 11.2. The monoisotopic (exact) mass is 289 g/mol. The van der Waals surface area contributed by atoms with Crippen LogP contribution in [-0.2, 0) is 0 Å². The zero-order chi connectivity index (χ0) is 14.5. The van der Waals surface area contributed by atoms with E-state index in [1.54, 1.807) is 36.4 Å². The molecule has 2 aromatic carbocycles. The summed E-state index contributed by atoms with van der Waals surface area (Å²) in [6.45, 7) is -0.130. The van der Waals surface area contributed by atoms with Gasteiger partial charge in [0.15, 0.2) is 5.78 Å². The molecule has 0 aliphatic heterocycles. The lowest BCUT2D eigenvalue weighted by molar-refractivity contribution is 0.0904. The number of phenols is 1. The van der Waals surface area contributed by atoms with Crippen LogP contribution in [0.15, 0.2) is 48.5 Å². The lowest BCUT2D eigenvalue weighted by Gasteiger charge is -2.05. The molecule has 0 fully saturated rings. The molecule has 0 heterocycles. The topological polar surface area (TPSA) is 66.4 Å². The zero-order valence-electron chi connectivity index (χ0n) is 10.5. The molecule has 0 unspecified atom stereocenters. The molecule has 0 spiro atoms. The van der Waals surface area contributed by atoms with Crippen molar-refractivity contribution in [3.63, 3.8) is 0 Å². The van der Waals surface area contributed by atoms with Crippen LogP contribution in [0.1, 0.15) is 20.7 Å². The molecule has 2 N–H and O–H groups in total. The molecule has 0 aliphatic carbocycles. The smallest absolute Gasteiger partial charge is 0.251 e. The molecule has 4 nitrogen and oxygen atoms in total. The van der Waals surface area contributed by atoms with Crippen molar-refractivity contribution >= 4 is 23.3 Å². The van der Waals surface area contributed by atoms with E-state index in [1.165, 1.54) is 12.1 Å². The molecule has 0 aromatic heterocycles. The van der Waals surface area contributed by atoms with E-state index in [0.29, 0.717) is 16.1 Å². The number of nitrogens with one attached hydrogen (secondary N) is 1. The molecule has 0 bridgehead atoms. The first-order valence-corrected chi connectivity index (χ1v) is 6.30. The number of hydrogen-bond donors (Lipinski definition) is 2. The molecule has 0 saturated carbocycles. The number of aromatic hydroxyl groups is 1. The fraction of sp³-hybridized carbons (Fsp3) is 0.0667. The Balaban J connectivity index is 1.98. The van der Waals surface area contributed by atoms with Crippen LogP contribution in [0.4, 0.5) is 0 Å². The first kappa shape index (κ1) is 14.1. The maximum absolute atomic E-state index is 11.9. The van der Waals surface area contributed by atoms with Crippen molar-refractivity contribution in [2.75, 3.05) is 6.54 Å². The molecule has 2 aromatic rings. The Morgan fingerprint density at radius 3 is 2.45 bits per heavy atom. The van der Waals surface area contributed by atoms with Crippen LogP contribution in [0.5, 0.6) is 5.75 Å². The van der Waals surface area contributed by atoms with Crippen LogP contribution >= 0.6 is 11.6 Å². The molecule has 5 heteroatoms. The number of rotatable bonds is 4. The second-order valence-electron chi connectivity index (χ2n) is 4.17. The Kier molecular flexibility index (Phi) is 4.38. The summed E-state index contributed by atoms with van der Waals surface area (Å²) in [5.74, 6) is -0.656. The van der Waals surface area contributed by atoms with Gasteiger partial charge in [0, 0.05) is 16.1 Å². The van der Waals surface area contributed by atoms with E-state index in [1.807, 2.05) is 0 Å². The fourth-order valence-electron chi connectivity index (χ4n) is 1.67. The normalized spacial score (nSPS) is 10.1. The minimum absolute atomic E-state index is 0.00109. The van der Waals surface area contributed by atoms with E-state index in [9.17, 15) is 14.7 Å². The Morgan fingerprint density at radius 2 is 1.75 bits per heavy atom. The van der Waals surface area contributed by atoms with Gasteiger partial charge < -0.3 is 10.4 Å². The van der Waals surface area contributed by atoms with Gasteiger partial charge in [-0.3, -0.25) is 9.59 Å². The predicted molar refractivity (Wildman–Crippen MR) is 76.2 cm³/mol. The van der Waals surface area contributed by atoms with Crippen molar-refractivity contribution in [2.24, 2.45) is 0 Å². The number of carbonyl (C=O) groups is 2. The summed E-state index contributed by atoms with van der Waals surface area (Å²) in [6.07, 6.45) is 0. The Hall–Kier alpha value is -2.33. The predicted octanol–water partition coefficient (Wildman–Crippen LogP) is 2.66. The van der Waals surface area contributed by atoms with Crippen molar-refractivity contribution in [1.82, 2.24) is 5.32 Å². The number of benzene rings is 2. The SMILES string of the molecule is O=C(CNC(=O)c1cccc(O)c1)c1cccc(Cl)c1. The summed E-state index contributed by atoms with van der Waals surface area (Å²) in [4.78, 5) is 23.7. The van der Waals surface area contributed by atoms with Crippen molar-refractivity contribution in [1.29, 1.82) is 0 Å². The van der Waals surface area contributed by atoms with E-state index in [2.05, 4.69) is 5.32 Å². The maximum Gasteiger partial charge on any atom is 0.251 e. The highest BCUT2D eigenvalue weighted by molar-refractivity contribution is 6.31. The average molecular weight is 290 g/mol. The van der Waals surface area contributed by atoms with Gasteiger partial charge in [-0.25, -0.2) is 0 Å². The standard InChI is InChI=1S/C15H12ClNO3/c16-12-5-1-3-10(7-12)14(19)9-17-15(20)11-4-2-6-13(18)8-11/h1-8,18H,9H2,(H,17,20). The van der Waals surface area contributed by atoms with Gasteiger partial charge in [0.25, 0.3) is 5.91 Å². The summed E-state index contributed by atoms with van der Waals surface area (Å²) in [6, 6.07) is 12.4. The molecule has 0 saturated heterocycles. The number of amides is 1. The number of Topliss-reactive ketones (excluding diaryl/α,β-unsaturated/α-hetero) is 1. The number of halogens is 1. The molecular formula is C15H12ClNO3. The van der Waals surface area contributed by atoms with E-state index in [4.69, 9.17) is 11.6 Å². The molecule has 0 atom stereocenters. The Labute approximate surface area is 121 Å². The van der Waals surface area contributed by atoms with Crippen molar-refractivity contribution in [3.05, 3.63) is 64.7 Å². The lowest BCUT2D eigenvalue weighted by Crippen LogP contribution is -2.29. The largest absolute Gasteiger partial charge is 0.508 e. The van der Waals surface area contributed by atoms with Gasteiger partial charge in [-0.05, 0) is 30.3 Å². The quantitative estimate of drug-likeness (QED) is 0.850. The van der Waals surface area contributed by atoms with Gasteiger partial charge in [-0.2, -0.15) is 0 Å². The van der Waals surface area contributed by atoms with Crippen molar-refractivity contribution in [2.45, 2.75) is 0 Å². The second kappa shape index (κ2) is 6.21. The number of carbonyl (C=O) groups excluding carboxylic acids is 2. The van der Waals surface area contributed by atoms with Crippen LogP contribution < -0.4 is 5.32 Å². The molecule has 0 radical (unpaired) electrons. The lowest BCUT2D eigenvalue weighted by atomic mass is 10.1. The summed E-state index contributed by atoms with van der Waals surface area (Å²) in [7, 11) is 0. The van der Waals surface area contributed by atoms with Crippen LogP contribution in [0.2, 0.25) is 5.02 Å². The molecule has 1 amide bonds. The first-order chi connectivity index (χ1) is 9.56. The third-order valence-corrected chi connectivity index (χ3v) is 2.90. The van der Waals surface area contributed by atoms with Gasteiger partial charge >= 0.3 is 0 Å². The molecule has 0 aliphatic rings.